The average Bonchev–Trinajstić information content (AvgIpc) is 3.10. The molecular formula is C14H21Cl2N3O3S2. The fourth-order valence-corrected chi connectivity index (χ4v) is 5.84. The van der Waals surface area contributed by atoms with Crippen LogP contribution in [0.2, 0.25) is 4.34 Å². The average molecular weight is 414 g/mol. The second-order valence-corrected chi connectivity index (χ2v) is 9.86. The van der Waals surface area contributed by atoms with Gasteiger partial charge in [-0.2, -0.15) is 0 Å². The Kier molecular flexibility index (Phi) is 6.55. The lowest BCUT2D eigenvalue weighted by Crippen LogP contribution is -2.50. The number of nitrogens with one attached hydrogen (secondary N) is 2. The summed E-state index contributed by atoms with van der Waals surface area (Å²) in [4.78, 5) is 14.0. The molecular weight excluding hydrogens is 393 g/mol. The smallest absolute Gasteiger partial charge is 0.250 e. The number of piperidine rings is 1. The molecule has 0 saturated carbocycles. The Morgan fingerprint density at radius 1 is 1.38 bits per heavy atom. The molecule has 3 heterocycles. The van der Waals surface area contributed by atoms with E-state index in [1.807, 2.05) is 0 Å². The summed E-state index contributed by atoms with van der Waals surface area (Å²) in [7, 11) is -1.93. The van der Waals surface area contributed by atoms with Gasteiger partial charge in [-0.1, -0.05) is 11.6 Å². The first-order valence-corrected chi connectivity index (χ1v) is 10.3. The number of likely N-dealkylation sites (N-methyl/N-ethyl adjacent to an activating group) is 1. The molecule has 2 saturated heterocycles. The van der Waals surface area contributed by atoms with E-state index in [0.717, 1.165) is 37.0 Å². The molecule has 0 spiro atoms. The van der Waals surface area contributed by atoms with Gasteiger partial charge in [0.2, 0.25) is 5.91 Å². The van der Waals surface area contributed by atoms with Crippen LogP contribution in [0.5, 0.6) is 0 Å². The van der Waals surface area contributed by atoms with Crippen LogP contribution in [0.25, 0.3) is 0 Å². The van der Waals surface area contributed by atoms with E-state index in [2.05, 4.69) is 10.0 Å². The van der Waals surface area contributed by atoms with Crippen LogP contribution in [-0.2, 0) is 14.8 Å². The van der Waals surface area contributed by atoms with Crippen LogP contribution < -0.4 is 10.0 Å². The zero-order chi connectivity index (χ0) is 16.6. The molecule has 1 aromatic rings. The highest BCUT2D eigenvalue weighted by Crippen LogP contribution is 2.29. The van der Waals surface area contributed by atoms with E-state index in [1.165, 1.54) is 12.1 Å². The van der Waals surface area contributed by atoms with Gasteiger partial charge in [0.25, 0.3) is 10.0 Å². The van der Waals surface area contributed by atoms with Crippen LogP contribution in [-0.4, -0.2) is 50.9 Å². The highest BCUT2D eigenvalue weighted by Gasteiger charge is 2.36. The van der Waals surface area contributed by atoms with E-state index in [0.29, 0.717) is 16.4 Å². The Hall–Kier alpha value is -0.380. The zero-order valence-corrected chi connectivity index (χ0v) is 16.4. The number of amides is 1. The summed E-state index contributed by atoms with van der Waals surface area (Å²) >= 11 is 6.73. The van der Waals surface area contributed by atoms with Crippen LogP contribution in [0.1, 0.15) is 25.7 Å². The molecule has 0 aromatic carbocycles. The number of hydrogen-bond donors (Lipinski definition) is 2. The van der Waals surface area contributed by atoms with Crippen molar-refractivity contribution in [3.63, 3.8) is 0 Å². The maximum atomic E-state index is 12.3. The lowest BCUT2D eigenvalue weighted by Gasteiger charge is -2.35. The van der Waals surface area contributed by atoms with Gasteiger partial charge in [0, 0.05) is 25.2 Å². The molecule has 0 aliphatic carbocycles. The molecule has 2 bridgehead atoms. The van der Waals surface area contributed by atoms with E-state index in [1.54, 1.807) is 11.9 Å². The van der Waals surface area contributed by atoms with Crippen LogP contribution in [0.4, 0.5) is 0 Å². The fourth-order valence-electron chi connectivity index (χ4n) is 3.34. The summed E-state index contributed by atoms with van der Waals surface area (Å²) in [6.07, 6.45) is 4.20. The third-order valence-corrected chi connectivity index (χ3v) is 7.74. The quantitative estimate of drug-likeness (QED) is 0.771. The molecule has 1 amide bonds. The number of halogens is 2. The second-order valence-electron chi connectivity index (χ2n) is 6.15. The molecule has 2 aliphatic heterocycles. The van der Waals surface area contributed by atoms with E-state index in [4.69, 9.17) is 11.6 Å². The first-order valence-electron chi connectivity index (χ1n) is 7.62. The number of rotatable bonds is 5. The minimum absolute atomic E-state index is 0. The number of carbonyl (C=O) groups excluding carboxylic acids is 1. The summed E-state index contributed by atoms with van der Waals surface area (Å²) in [5.74, 6) is -0.206. The molecule has 0 radical (unpaired) electrons. The highest BCUT2D eigenvalue weighted by atomic mass is 35.5. The highest BCUT2D eigenvalue weighted by molar-refractivity contribution is 7.91. The number of sulfonamides is 1. The van der Waals surface area contributed by atoms with Gasteiger partial charge in [-0.3, -0.25) is 4.79 Å². The van der Waals surface area contributed by atoms with Gasteiger partial charge in [-0.05, 0) is 37.8 Å². The van der Waals surface area contributed by atoms with Gasteiger partial charge in [0.15, 0.2) is 0 Å². The number of thiophene rings is 1. The summed E-state index contributed by atoms with van der Waals surface area (Å²) in [5, 5.41) is 3.53. The molecule has 3 rings (SSSR count). The Balaban J connectivity index is 0.00000208. The summed E-state index contributed by atoms with van der Waals surface area (Å²) in [6, 6.07) is 4.12. The lowest BCUT2D eigenvalue weighted by atomic mass is 9.98. The summed E-state index contributed by atoms with van der Waals surface area (Å²) in [5.41, 5.74) is 0. The van der Waals surface area contributed by atoms with Crippen molar-refractivity contribution < 1.29 is 13.2 Å². The van der Waals surface area contributed by atoms with Gasteiger partial charge in [-0.15, -0.1) is 23.7 Å². The molecule has 2 fully saturated rings. The number of nitrogens with zero attached hydrogens (tertiary/aromatic N) is 1. The fraction of sp³-hybridized carbons (Fsp3) is 0.643. The molecule has 136 valence electrons. The third kappa shape index (κ3) is 4.42. The number of carbonyl (C=O) groups is 1. The van der Waals surface area contributed by atoms with Crippen LogP contribution in [0, 0.1) is 0 Å². The predicted molar refractivity (Wildman–Crippen MR) is 97.5 cm³/mol. The molecule has 6 nitrogen and oxygen atoms in total. The SMILES string of the molecule is CN(C(=O)CNS(=O)(=O)c1ccc(Cl)s1)C1CC2CCC(C1)N2.Cl. The van der Waals surface area contributed by atoms with Crippen molar-refractivity contribution in [2.24, 2.45) is 0 Å². The third-order valence-electron chi connectivity index (χ3n) is 4.62. The maximum absolute atomic E-state index is 12.3. The van der Waals surface area contributed by atoms with E-state index in [9.17, 15) is 13.2 Å². The molecule has 2 atom stereocenters. The summed E-state index contributed by atoms with van der Waals surface area (Å²) < 4.78 is 27.1. The van der Waals surface area contributed by atoms with Gasteiger partial charge in [-0.25, -0.2) is 13.1 Å². The number of fused-ring (bicyclic) bond motifs is 2. The lowest BCUT2D eigenvalue weighted by molar-refractivity contribution is -0.131. The Labute approximate surface area is 157 Å². The van der Waals surface area contributed by atoms with Crippen molar-refractivity contribution in [1.29, 1.82) is 0 Å². The Morgan fingerprint density at radius 2 is 2.00 bits per heavy atom. The second kappa shape index (κ2) is 7.88. The van der Waals surface area contributed by atoms with E-state index in [-0.39, 0.29) is 35.1 Å². The molecule has 2 N–H and O–H groups in total. The van der Waals surface area contributed by atoms with Gasteiger partial charge < -0.3 is 10.2 Å². The summed E-state index contributed by atoms with van der Waals surface area (Å²) in [6.45, 7) is -0.229. The molecule has 10 heteroatoms. The first-order chi connectivity index (χ1) is 10.8. The van der Waals surface area contributed by atoms with Crippen molar-refractivity contribution in [3.8, 4) is 0 Å². The standard InChI is InChI=1S/C14H20ClN3O3S2.ClH/c1-18(11-6-9-2-3-10(7-11)17-9)13(19)8-16-23(20,21)14-5-4-12(15)22-14;/h4-5,9-11,16-17H,2-3,6-8H2,1H3;1H. The van der Waals surface area contributed by atoms with E-state index >= 15 is 0 Å². The Bertz CT molecular complexity index is 683. The predicted octanol–water partition coefficient (Wildman–Crippen LogP) is 1.84. The topological polar surface area (TPSA) is 78.5 Å². The Morgan fingerprint density at radius 3 is 2.54 bits per heavy atom. The van der Waals surface area contributed by atoms with Crippen molar-refractivity contribution in [2.75, 3.05) is 13.6 Å². The van der Waals surface area contributed by atoms with Crippen molar-refractivity contribution in [1.82, 2.24) is 14.9 Å². The van der Waals surface area contributed by atoms with Gasteiger partial charge >= 0.3 is 0 Å². The van der Waals surface area contributed by atoms with Crippen molar-refractivity contribution >= 4 is 51.3 Å². The van der Waals surface area contributed by atoms with E-state index < -0.39 is 10.0 Å². The maximum Gasteiger partial charge on any atom is 0.250 e. The number of hydrogen-bond acceptors (Lipinski definition) is 5. The molecule has 2 unspecified atom stereocenters. The molecule has 2 aliphatic rings. The molecule has 1 aromatic heterocycles. The van der Waals surface area contributed by atoms with Gasteiger partial charge in [0.1, 0.15) is 4.21 Å². The van der Waals surface area contributed by atoms with Crippen LogP contribution >= 0.6 is 35.3 Å². The first kappa shape index (κ1) is 19.9. The van der Waals surface area contributed by atoms with Crippen LogP contribution in [0.3, 0.4) is 0 Å². The largest absolute Gasteiger partial charge is 0.342 e. The monoisotopic (exact) mass is 413 g/mol. The minimum atomic E-state index is -3.68. The van der Waals surface area contributed by atoms with Crippen LogP contribution in [0.15, 0.2) is 16.3 Å². The minimum Gasteiger partial charge on any atom is -0.342 e. The van der Waals surface area contributed by atoms with Crippen molar-refractivity contribution in [2.45, 2.75) is 48.0 Å². The molecule has 24 heavy (non-hydrogen) atoms. The van der Waals surface area contributed by atoms with Gasteiger partial charge in [0.05, 0.1) is 10.9 Å². The normalized spacial score (nSPS) is 26.0. The zero-order valence-electron chi connectivity index (χ0n) is 13.2. The van der Waals surface area contributed by atoms with Crippen molar-refractivity contribution in [3.05, 3.63) is 16.5 Å².